The summed E-state index contributed by atoms with van der Waals surface area (Å²) in [6.45, 7) is 2.69. The molecule has 0 aliphatic carbocycles. The number of nitrogens with one attached hydrogen (secondary N) is 1. The van der Waals surface area contributed by atoms with Gasteiger partial charge in [0.1, 0.15) is 5.75 Å². The molecule has 106 valence electrons. The van der Waals surface area contributed by atoms with Gasteiger partial charge in [-0.15, -0.1) is 0 Å². The van der Waals surface area contributed by atoms with Crippen LogP contribution in [0.5, 0.6) is 11.6 Å². The predicted octanol–water partition coefficient (Wildman–Crippen LogP) is 4.54. The molecule has 0 bridgehead atoms. The molecule has 0 fully saturated rings. The maximum atomic E-state index is 13.6. The Kier molecular flexibility index (Phi) is 4.98. The van der Waals surface area contributed by atoms with E-state index in [4.69, 9.17) is 27.9 Å². The molecular weight excluding hydrogens is 304 g/mol. The molecule has 2 rings (SSSR count). The van der Waals surface area contributed by atoms with Gasteiger partial charge in [-0.25, -0.2) is 4.98 Å². The van der Waals surface area contributed by atoms with Gasteiger partial charge in [-0.1, -0.05) is 30.1 Å². The highest BCUT2D eigenvalue weighted by Crippen LogP contribution is 2.31. The topological polar surface area (TPSA) is 47.0 Å². The van der Waals surface area contributed by atoms with Crippen LogP contribution in [0.1, 0.15) is 13.3 Å². The molecule has 2 aromatic rings. The molecule has 0 saturated carbocycles. The third kappa shape index (κ3) is 3.71. The molecule has 0 radical (unpaired) electrons. The van der Waals surface area contributed by atoms with Crippen LogP contribution in [0, 0.1) is 5.82 Å². The van der Waals surface area contributed by atoms with Gasteiger partial charge < -0.3 is 10.1 Å². The summed E-state index contributed by atoms with van der Waals surface area (Å²) in [5.41, 5.74) is 0. The molecule has 0 saturated heterocycles. The van der Waals surface area contributed by atoms with Gasteiger partial charge in [-0.05, 0) is 24.6 Å². The monoisotopic (exact) mass is 315 g/mol. The first-order valence-electron chi connectivity index (χ1n) is 5.99. The Morgan fingerprint density at radius 1 is 1.35 bits per heavy atom. The number of nitrogens with zero attached hydrogens (tertiary/aromatic N) is 2. The lowest BCUT2D eigenvalue weighted by molar-refractivity contribution is 0.421. The van der Waals surface area contributed by atoms with Crippen molar-refractivity contribution in [2.75, 3.05) is 11.9 Å². The number of hydrogen-bond donors (Lipinski definition) is 1. The number of halogens is 3. The highest BCUT2D eigenvalue weighted by molar-refractivity contribution is 6.35. The van der Waals surface area contributed by atoms with Crippen molar-refractivity contribution < 1.29 is 9.13 Å². The van der Waals surface area contributed by atoms with Crippen molar-refractivity contribution in [1.82, 2.24) is 9.97 Å². The average molecular weight is 316 g/mol. The third-order valence-electron chi connectivity index (χ3n) is 2.35. The number of benzene rings is 1. The number of anilines is 1. The molecule has 1 N–H and O–H groups in total. The Bertz CT molecular complexity index is 610. The molecular formula is C13H12Cl2FN3O. The van der Waals surface area contributed by atoms with E-state index in [0.29, 0.717) is 17.5 Å². The summed E-state index contributed by atoms with van der Waals surface area (Å²) < 4.78 is 19.0. The fourth-order valence-electron chi connectivity index (χ4n) is 1.41. The van der Waals surface area contributed by atoms with E-state index in [1.165, 1.54) is 6.07 Å². The van der Waals surface area contributed by atoms with Crippen LogP contribution < -0.4 is 10.1 Å². The van der Waals surface area contributed by atoms with Crippen molar-refractivity contribution in [2.24, 2.45) is 0 Å². The molecule has 7 heteroatoms. The van der Waals surface area contributed by atoms with E-state index >= 15 is 0 Å². The van der Waals surface area contributed by atoms with Crippen molar-refractivity contribution >= 4 is 29.2 Å². The molecule has 0 atom stereocenters. The zero-order valence-electron chi connectivity index (χ0n) is 10.7. The van der Waals surface area contributed by atoms with E-state index < -0.39 is 5.82 Å². The van der Waals surface area contributed by atoms with Crippen molar-refractivity contribution in [2.45, 2.75) is 13.3 Å². The Morgan fingerprint density at radius 2 is 2.15 bits per heavy atom. The number of rotatable bonds is 5. The molecule has 1 aromatic heterocycles. The van der Waals surface area contributed by atoms with Gasteiger partial charge in [0.15, 0.2) is 0 Å². The average Bonchev–Trinajstić information content (AvgIpc) is 2.42. The highest BCUT2D eigenvalue weighted by Gasteiger charge is 2.11. The van der Waals surface area contributed by atoms with Crippen molar-refractivity contribution in [3.05, 3.63) is 40.3 Å². The predicted molar refractivity (Wildman–Crippen MR) is 77.3 cm³/mol. The molecule has 1 heterocycles. The van der Waals surface area contributed by atoms with Crippen LogP contribution in [0.2, 0.25) is 10.0 Å². The van der Waals surface area contributed by atoms with E-state index in [1.54, 1.807) is 12.1 Å². The molecule has 0 unspecified atom stereocenters. The zero-order chi connectivity index (χ0) is 14.5. The van der Waals surface area contributed by atoms with E-state index in [2.05, 4.69) is 15.3 Å². The van der Waals surface area contributed by atoms with Crippen LogP contribution in [-0.4, -0.2) is 16.5 Å². The maximum Gasteiger partial charge on any atom is 0.260 e. The first kappa shape index (κ1) is 14.8. The Morgan fingerprint density at radius 3 is 2.85 bits per heavy atom. The highest BCUT2D eigenvalue weighted by atomic mass is 35.5. The van der Waals surface area contributed by atoms with Gasteiger partial charge in [0.2, 0.25) is 11.8 Å². The van der Waals surface area contributed by atoms with Crippen molar-refractivity contribution in [1.29, 1.82) is 0 Å². The van der Waals surface area contributed by atoms with Gasteiger partial charge in [0, 0.05) is 11.6 Å². The molecule has 20 heavy (non-hydrogen) atoms. The Hall–Kier alpha value is -1.59. The second-order valence-corrected chi connectivity index (χ2v) is 4.79. The first-order chi connectivity index (χ1) is 9.60. The fourth-order valence-corrected chi connectivity index (χ4v) is 1.85. The fraction of sp³-hybridized carbons (Fsp3) is 0.231. The number of ether oxygens (including phenoxy) is 1. The lowest BCUT2D eigenvalue weighted by atomic mass is 10.3. The minimum Gasteiger partial charge on any atom is -0.435 e. The smallest absolute Gasteiger partial charge is 0.260 e. The maximum absolute atomic E-state index is 13.6. The zero-order valence-corrected chi connectivity index (χ0v) is 12.2. The van der Waals surface area contributed by atoms with Gasteiger partial charge in [-0.2, -0.15) is 9.37 Å². The molecule has 0 aliphatic rings. The molecule has 0 aliphatic heterocycles. The normalized spacial score (nSPS) is 10.4. The summed E-state index contributed by atoms with van der Waals surface area (Å²) >= 11 is 11.7. The lowest BCUT2D eigenvalue weighted by Crippen LogP contribution is -2.05. The van der Waals surface area contributed by atoms with Gasteiger partial charge in [0.25, 0.3) is 5.88 Å². The Balaban J connectivity index is 2.23. The van der Waals surface area contributed by atoms with Crippen LogP contribution >= 0.6 is 23.2 Å². The van der Waals surface area contributed by atoms with Gasteiger partial charge in [-0.3, -0.25) is 0 Å². The molecule has 0 spiro atoms. The minimum absolute atomic E-state index is 0.192. The number of aromatic nitrogens is 2. The molecule has 0 amide bonds. The van der Waals surface area contributed by atoms with Gasteiger partial charge in [0.05, 0.1) is 11.2 Å². The summed E-state index contributed by atoms with van der Waals surface area (Å²) in [5, 5.41) is 3.69. The standard InChI is InChI=1S/C13H12Cl2FN3O/c1-2-5-17-13-18-7-10(16)12(19-13)20-11-4-3-8(14)6-9(11)15/h3-4,6-7H,2,5H2,1H3,(H,17,18,19). The van der Waals surface area contributed by atoms with Crippen LogP contribution in [0.4, 0.5) is 10.3 Å². The minimum atomic E-state index is -0.668. The largest absolute Gasteiger partial charge is 0.435 e. The van der Waals surface area contributed by atoms with Crippen LogP contribution in [-0.2, 0) is 0 Å². The summed E-state index contributed by atoms with van der Waals surface area (Å²) in [6.07, 6.45) is 1.95. The van der Waals surface area contributed by atoms with Crippen LogP contribution in [0.25, 0.3) is 0 Å². The molecule has 1 aromatic carbocycles. The van der Waals surface area contributed by atoms with E-state index in [-0.39, 0.29) is 16.7 Å². The Labute approximate surface area is 125 Å². The van der Waals surface area contributed by atoms with E-state index in [9.17, 15) is 4.39 Å². The summed E-state index contributed by atoms with van der Waals surface area (Å²) in [6, 6.07) is 4.65. The van der Waals surface area contributed by atoms with Crippen molar-refractivity contribution in [3.63, 3.8) is 0 Å². The van der Waals surface area contributed by atoms with E-state index in [1.807, 2.05) is 6.92 Å². The quantitative estimate of drug-likeness (QED) is 0.880. The summed E-state index contributed by atoms with van der Waals surface area (Å²) in [7, 11) is 0. The first-order valence-corrected chi connectivity index (χ1v) is 6.75. The van der Waals surface area contributed by atoms with Crippen LogP contribution in [0.15, 0.2) is 24.4 Å². The third-order valence-corrected chi connectivity index (χ3v) is 2.88. The van der Waals surface area contributed by atoms with E-state index in [0.717, 1.165) is 12.6 Å². The summed E-state index contributed by atoms with van der Waals surface area (Å²) in [4.78, 5) is 7.78. The SMILES string of the molecule is CCCNc1ncc(F)c(Oc2ccc(Cl)cc2Cl)n1. The van der Waals surface area contributed by atoms with Crippen molar-refractivity contribution in [3.8, 4) is 11.6 Å². The second kappa shape index (κ2) is 6.72. The van der Waals surface area contributed by atoms with Gasteiger partial charge >= 0.3 is 0 Å². The molecule has 4 nitrogen and oxygen atoms in total. The number of hydrogen-bond acceptors (Lipinski definition) is 4. The van der Waals surface area contributed by atoms with Crippen LogP contribution in [0.3, 0.4) is 0 Å². The summed E-state index contributed by atoms with van der Waals surface area (Å²) in [5.74, 6) is -0.288. The second-order valence-electron chi connectivity index (χ2n) is 3.95. The lowest BCUT2D eigenvalue weighted by Gasteiger charge is -2.09.